The van der Waals surface area contributed by atoms with Gasteiger partial charge in [-0.3, -0.25) is 9.69 Å². The van der Waals surface area contributed by atoms with Gasteiger partial charge in [-0.05, 0) is 67.8 Å². The number of pyridine rings is 1. The largest absolute Gasteiger partial charge is 0.382 e. The molecule has 0 spiro atoms. The average Bonchev–Trinajstić information content (AvgIpc) is 3.24. The van der Waals surface area contributed by atoms with E-state index in [4.69, 9.17) is 5.73 Å². The Morgan fingerprint density at radius 3 is 2.58 bits per heavy atom. The van der Waals surface area contributed by atoms with Crippen molar-refractivity contribution in [1.29, 1.82) is 0 Å². The predicted octanol–water partition coefficient (Wildman–Crippen LogP) is 4.61. The highest BCUT2D eigenvalue weighted by Gasteiger charge is 2.25. The maximum absolute atomic E-state index is 15.2. The first-order valence-electron chi connectivity index (χ1n) is 12.6. The Bertz CT molecular complexity index is 1530. The maximum Gasteiger partial charge on any atom is 0.253 e. The molecule has 1 aliphatic rings. The Morgan fingerprint density at radius 2 is 1.95 bits per heavy atom. The van der Waals surface area contributed by atoms with Crippen LogP contribution < -0.4 is 5.73 Å². The Balaban J connectivity index is 1.41. The van der Waals surface area contributed by atoms with Crippen molar-refractivity contribution in [3.05, 3.63) is 76.9 Å². The zero-order chi connectivity index (χ0) is 27.1. The summed E-state index contributed by atoms with van der Waals surface area (Å²) in [6, 6.07) is 11.0. The van der Waals surface area contributed by atoms with Crippen LogP contribution in [0.3, 0.4) is 0 Å². The first kappa shape index (κ1) is 25.5. The van der Waals surface area contributed by atoms with Gasteiger partial charge in [0, 0.05) is 74.2 Å². The smallest absolute Gasteiger partial charge is 0.253 e. The number of hydrogen-bond donors (Lipinski definition) is 1. The number of aromatic nitrogens is 4. The molecule has 4 heterocycles. The fraction of sp³-hybridized carbons (Fsp3) is 0.310. The molecule has 5 rings (SSSR count). The van der Waals surface area contributed by atoms with Crippen molar-refractivity contribution < 1.29 is 9.18 Å². The molecule has 1 atom stereocenters. The van der Waals surface area contributed by atoms with Crippen molar-refractivity contribution in [2.45, 2.75) is 26.3 Å². The molecule has 1 aromatic carbocycles. The van der Waals surface area contributed by atoms with Crippen molar-refractivity contribution in [2.24, 2.45) is 7.05 Å². The van der Waals surface area contributed by atoms with Crippen LogP contribution in [0.2, 0.25) is 0 Å². The molecule has 38 heavy (non-hydrogen) atoms. The topological polar surface area (TPSA) is 93.2 Å². The van der Waals surface area contributed by atoms with Crippen molar-refractivity contribution in [2.75, 3.05) is 32.9 Å². The molecule has 0 fully saturated rings. The number of nitrogens with zero attached hydrogens (tertiary/aromatic N) is 6. The summed E-state index contributed by atoms with van der Waals surface area (Å²) in [4.78, 5) is 20.8. The van der Waals surface area contributed by atoms with Crippen LogP contribution in [-0.4, -0.2) is 62.6 Å². The van der Waals surface area contributed by atoms with E-state index in [0.717, 1.165) is 52.1 Å². The maximum atomic E-state index is 15.2. The molecule has 9 heteroatoms. The Hall–Kier alpha value is -4.11. The van der Waals surface area contributed by atoms with Crippen molar-refractivity contribution in [3.63, 3.8) is 0 Å². The Labute approximate surface area is 221 Å². The number of amides is 1. The second-order valence-electron chi connectivity index (χ2n) is 10.1. The predicted molar refractivity (Wildman–Crippen MR) is 148 cm³/mol. The third-order valence-corrected chi connectivity index (χ3v) is 7.41. The van der Waals surface area contributed by atoms with E-state index in [2.05, 4.69) is 43.7 Å². The molecule has 2 N–H and O–H groups in total. The van der Waals surface area contributed by atoms with E-state index < -0.39 is 0 Å². The molecule has 0 radical (unpaired) electrons. The Kier molecular flexibility index (Phi) is 6.71. The highest BCUT2D eigenvalue weighted by molar-refractivity contribution is 5.95. The SMILES string of the molecule is Cc1cc(C(=O)N(C)C)cc(F)c1C1=CCN([C@@H](C)c2cc3c(-c4ccc(N)nn4)ccnc3n2C)CC1. The number of aryl methyl sites for hydroxylation is 2. The third-order valence-electron chi connectivity index (χ3n) is 7.41. The van der Waals surface area contributed by atoms with Crippen LogP contribution >= 0.6 is 0 Å². The standard InChI is InChI=1S/C29H32FN7O/c1-17-14-20(29(38)35(3)4)15-23(30)27(17)19-9-12-37(13-10-19)18(2)25-16-22-21(8-11-32-28(22)36(25)5)24-6-7-26(31)34-33-24/h6-9,11,14-16,18H,10,12-13H2,1-5H3,(H2,31,34)/t18-/m0/s1. The molecule has 196 valence electrons. The number of hydrogen-bond acceptors (Lipinski definition) is 6. The van der Waals surface area contributed by atoms with Gasteiger partial charge in [0.1, 0.15) is 17.3 Å². The molecular weight excluding hydrogens is 481 g/mol. The number of benzene rings is 1. The van der Waals surface area contributed by atoms with Crippen molar-refractivity contribution >= 4 is 28.3 Å². The van der Waals surface area contributed by atoms with E-state index in [0.29, 0.717) is 23.5 Å². The summed E-state index contributed by atoms with van der Waals surface area (Å²) in [6.45, 7) is 5.53. The van der Waals surface area contributed by atoms with E-state index in [1.807, 2.05) is 26.1 Å². The second-order valence-corrected chi connectivity index (χ2v) is 10.1. The zero-order valence-electron chi connectivity index (χ0n) is 22.4. The molecule has 1 amide bonds. The Morgan fingerprint density at radius 1 is 1.16 bits per heavy atom. The fourth-order valence-electron chi connectivity index (χ4n) is 5.33. The summed E-state index contributed by atoms with van der Waals surface area (Å²) in [5, 5.41) is 9.28. The number of nitrogen functional groups attached to an aromatic ring is 1. The van der Waals surface area contributed by atoms with E-state index in [1.165, 1.54) is 11.0 Å². The molecule has 4 aromatic rings. The van der Waals surface area contributed by atoms with E-state index in [1.54, 1.807) is 32.4 Å². The lowest BCUT2D eigenvalue weighted by Crippen LogP contribution is -2.32. The summed E-state index contributed by atoms with van der Waals surface area (Å²) < 4.78 is 17.3. The van der Waals surface area contributed by atoms with E-state index >= 15 is 4.39 Å². The zero-order valence-corrected chi connectivity index (χ0v) is 22.4. The molecule has 0 saturated carbocycles. The van der Waals surface area contributed by atoms with Gasteiger partial charge in [0.15, 0.2) is 0 Å². The lowest BCUT2D eigenvalue weighted by atomic mass is 9.92. The summed E-state index contributed by atoms with van der Waals surface area (Å²) in [6.07, 6.45) is 4.61. The summed E-state index contributed by atoms with van der Waals surface area (Å²) in [7, 11) is 5.36. The number of carbonyl (C=O) groups excluding carboxylic acids is 1. The van der Waals surface area contributed by atoms with Gasteiger partial charge < -0.3 is 15.2 Å². The highest BCUT2D eigenvalue weighted by Crippen LogP contribution is 2.35. The molecule has 0 unspecified atom stereocenters. The van der Waals surface area contributed by atoms with Crippen LogP contribution in [0.1, 0.15) is 46.6 Å². The molecule has 3 aromatic heterocycles. The van der Waals surface area contributed by atoms with Crippen LogP contribution in [0, 0.1) is 12.7 Å². The summed E-state index contributed by atoms with van der Waals surface area (Å²) in [5.74, 6) is -0.166. The number of rotatable bonds is 5. The number of halogens is 1. The molecule has 0 bridgehead atoms. The monoisotopic (exact) mass is 513 g/mol. The van der Waals surface area contributed by atoms with Crippen LogP contribution in [0.5, 0.6) is 0 Å². The van der Waals surface area contributed by atoms with Gasteiger partial charge in [0.25, 0.3) is 5.91 Å². The molecular formula is C29H32FN7O. The number of nitrogens with two attached hydrogens (primary N) is 1. The normalized spacial score (nSPS) is 14.9. The number of fused-ring (bicyclic) bond motifs is 1. The van der Waals surface area contributed by atoms with Crippen molar-refractivity contribution in [3.8, 4) is 11.3 Å². The van der Waals surface area contributed by atoms with Gasteiger partial charge in [-0.1, -0.05) is 6.08 Å². The van der Waals surface area contributed by atoms with Gasteiger partial charge >= 0.3 is 0 Å². The number of carbonyl (C=O) groups is 1. The highest BCUT2D eigenvalue weighted by atomic mass is 19.1. The van der Waals surface area contributed by atoms with Crippen LogP contribution in [0.25, 0.3) is 27.9 Å². The van der Waals surface area contributed by atoms with E-state index in [-0.39, 0.29) is 17.8 Å². The average molecular weight is 514 g/mol. The molecule has 0 aliphatic carbocycles. The quantitative estimate of drug-likeness (QED) is 0.419. The molecule has 8 nitrogen and oxygen atoms in total. The van der Waals surface area contributed by atoms with Crippen LogP contribution in [0.15, 0.2) is 48.7 Å². The summed E-state index contributed by atoms with van der Waals surface area (Å²) in [5.41, 5.74) is 12.2. The number of anilines is 1. The van der Waals surface area contributed by atoms with Gasteiger partial charge in [-0.15, -0.1) is 10.2 Å². The lowest BCUT2D eigenvalue weighted by molar-refractivity contribution is 0.0827. The van der Waals surface area contributed by atoms with Gasteiger partial charge in [-0.2, -0.15) is 0 Å². The minimum Gasteiger partial charge on any atom is -0.382 e. The van der Waals surface area contributed by atoms with Gasteiger partial charge in [0.05, 0.1) is 5.69 Å². The summed E-state index contributed by atoms with van der Waals surface area (Å²) >= 11 is 0. The first-order chi connectivity index (χ1) is 18.2. The van der Waals surface area contributed by atoms with Gasteiger partial charge in [-0.25, -0.2) is 9.37 Å². The lowest BCUT2D eigenvalue weighted by Gasteiger charge is -2.32. The van der Waals surface area contributed by atoms with Crippen molar-refractivity contribution in [1.82, 2.24) is 29.5 Å². The van der Waals surface area contributed by atoms with Gasteiger partial charge in [0.2, 0.25) is 0 Å². The minimum atomic E-state index is -0.346. The molecule has 1 aliphatic heterocycles. The second kappa shape index (κ2) is 9.98. The molecule has 0 saturated heterocycles. The van der Waals surface area contributed by atoms with E-state index in [9.17, 15) is 4.79 Å². The minimum absolute atomic E-state index is 0.114. The third kappa shape index (κ3) is 4.54. The van der Waals surface area contributed by atoms with Crippen LogP contribution in [-0.2, 0) is 7.05 Å². The van der Waals surface area contributed by atoms with Crippen LogP contribution in [0.4, 0.5) is 10.2 Å². The fourth-order valence-corrected chi connectivity index (χ4v) is 5.33. The first-order valence-corrected chi connectivity index (χ1v) is 12.6.